The predicted octanol–water partition coefficient (Wildman–Crippen LogP) is 3.21. The van der Waals surface area contributed by atoms with Crippen LogP contribution in [0.4, 0.5) is 10.2 Å². The number of ether oxygens (including phenoxy) is 1. The van der Waals surface area contributed by atoms with Gasteiger partial charge in [-0.3, -0.25) is 0 Å². The van der Waals surface area contributed by atoms with E-state index in [1.165, 1.54) is 30.3 Å². The lowest BCUT2D eigenvalue weighted by Crippen LogP contribution is -2.17. The van der Waals surface area contributed by atoms with E-state index in [0.29, 0.717) is 4.09 Å². The van der Waals surface area contributed by atoms with E-state index in [-0.39, 0.29) is 22.2 Å². The summed E-state index contributed by atoms with van der Waals surface area (Å²) in [5.41, 5.74) is 5.74. The fraction of sp³-hybridized carbons (Fsp3) is 0. The zero-order chi connectivity index (χ0) is 20.6. The van der Waals surface area contributed by atoms with Gasteiger partial charge in [-0.1, -0.05) is 36.4 Å². The van der Waals surface area contributed by atoms with E-state index >= 15 is 0 Å². The molecule has 146 valence electrons. The standard InChI is InChI=1S/C20H14FN3O4S/c21-16-7-3-6-15(10-16)20(25)28-19-12-18(22)24(23-19)29(26,27)17-9-8-13-4-1-2-5-14(13)11-17/h1-12H,22H2. The third-order valence-electron chi connectivity index (χ3n) is 4.19. The van der Waals surface area contributed by atoms with E-state index in [0.717, 1.165) is 22.9 Å². The van der Waals surface area contributed by atoms with Crippen LogP contribution in [0.3, 0.4) is 0 Å². The normalized spacial score (nSPS) is 11.5. The third-order valence-corrected chi connectivity index (χ3v) is 5.78. The largest absolute Gasteiger partial charge is 0.402 e. The number of hydrogen-bond acceptors (Lipinski definition) is 6. The highest BCUT2D eigenvalue weighted by atomic mass is 32.2. The zero-order valence-corrected chi connectivity index (χ0v) is 15.6. The summed E-state index contributed by atoms with van der Waals surface area (Å²) in [5, 5.41) is 5.41. The van der Waals surface area contributed by atoms with Gasteiger partial charge in [0.05, 0.1) is 10.5 Å². The van der Waals surface area contributed by atoms with Crippen LogP contribution in [0, 0.1) is 5.82 Å². The van der Waals surface area contributed by atoms with Gasteiger partial charge in [0.2, 0.25) is 5.88 Å². The number of benzene rings is 3. The second-order valence-electron chi connectivity index (χ2n) is 6.16. The maximum absolute atomic E-state index is 13.3. The molecule has 0 radical (unpaired) electrons. The number of nitrogens with two attached hydrogens (primary N) is 1. The van der Waals surface area contributed by atoms with Gasteiger partial charge < -0.3 is 10.5 Å². The fourth-order valence-corrected chi connectivity index (χ4v) is 4.03. The number of hydrogen-bond donors (Lipinski definition) is 1. The summed E-state index contributed by atoms with van der Waals surface area (Å²) in [5.74, 6) is -2.05. The lowest BCUT2D eigenvalue weighted by molar-refractivity contribution is 0.0726. The smallest absolute Gasteiger partial charge is 0.345 e. The van der Waals surface area contributed by atoms with E-state index in [1.807, 2.05) is 12.1 Å². The molecule has 1 heterocycles. The van der Waals surface area contributed by atoms with Crippen LogP contribution in [0.2, 0.25) is 0 Å². The number of carbonyl (C=O) groups is 1. The molecule has 0 fully saturated rings. The number of nitrogen functional groups attached to an aromatic ring is 1. The maximum atomic E-state index is 13.3. The molecule has 0 saturated carbocycles. The highest BCUT2D eigenvalue weighted by Gasteiger charge is 2.23. The monoisotopic (exact) mass is 411 g/mol. The quantitative estimate of drug-likeness (QED) is 0.517. The SMILES string of the molecule is Nc1cc(OC(=O)c2cccc(F)c2)nn1S(=O)(=O)c1ccc2ccccc2c1. The molecule has 2 N–H and O–H groups in total. The molecule has 0 unspecified atom stereocenters. The van der Waals surface area contributed by atoms with Crippen LogP contribution in [0.5, 0.6) is 5.88 Å². The number of carbonyl (C=O) groups excluding carboxylic acids is 1. The van der Waals surface area contributed by atoms with E-state index in [1.54, 1.807) is 18.2 Å². The lowest BCUT2D eigenvalue weighted by atomic mass is 10.1. The van der Waals surface area contributed by atoms with Gasteiger partial charge in [0.1, 0.15) is 11.6 Å². The number of anilines is 1. The topological polar surface area (TPSA) is 104 Å². The Kier molecular flexibility index (Phi) is 4.51. The third kappa shape index (κ3) is 3.55. The molecule has 0 amide bonds. The van der Waals surface area contributed by atoms with Gasteiger partial charge >= 0.3 is 5.97 Å². The molecule has 0 saturated heterocycles. The molecule has 1 aromatic heterocycles. The van der Waals surface area contributed by atoms with Crippen molar-refractivity contribution in [1.29, 1.82) is 0 Å². The number of halogens is 1. The van der Waals surface area contributed by atoms with Gasteiger partial charge in [0.15, 0.2) is 0 Å². The number of esters is 1. The molecule has 3 aromatic carbocycles. The maximum Gasteiger partial charge on any atom is 0.345 e. The highest BCUT2D eigenvalue weighted by Crippen LogP contribution is 2.24. The predicted molar refractivity (Wildman–Crippen MR) is 105 cm³/mol. The summed E-state index contributed by atoms with van der Waals surface area (Å²) in [4.78, 5) is 12.1. The van der Waals surface area contributed by atoms with Crippen LogP contribution in [0.25, 0.3) is 10.8 Å². The second-order valence-corrected chi connectivity index (χ2v) is 7.93. The molecule has 4 aromatic rings. The minimum atomic E-state index is -4.12. The molecule has 4 rings (SSSR count). The van der Waals surface area contributed by atoms with Gasteiger partial charge in [-0.05, 0) is 41.1 Å². The van der Waals surface area contributed by atoms with E-state index < -0.39 is 21.8 Å². The summed E-state index contributed by atoms with van der Waals surface area (Å²) < 4.78 is 44.8. The number of rotatable bonds is 4. The molecular weight excluding hydrogens is 397 g/mol. The molecule has 0 atom stereocenters. The number of aromatic nitrogens is 2. The van der Waals surface area contributed by atoms with Crippen molar-refractivity contribution < 1.29 is 22.3 Å². The Labute approximate surface area is 165 Å². The molecular formula is C20H14FN3O4S. The number of nitrogens with zero attached hydrogens (tertiary/aromatic N) is 2. The van der Waals surface area contributed by atoms with E-state index in [2.05, 4.69) is 5.10 Å². The van der Waals surface area contributed by atoms with Crippen molar-refractivity contribution in [1.82, 2.24) is 9.19 Å². The van der Waals surface area contributed by atoms with Crippen LogP contribution in [-0.2, 0) is 10.0 Å². The first-order valence-corrected chi connectivity index (χ1v) is 9.86. The van der Waals surface area contributed by atoms with Gasteiger partial charge in [-0.2, -0.15) is 8.42 Å². The van der Waals surface area contributed by atoms with Crippen molar-refractivity contribution in [3.8, 4) is 5.88 Å². The first-order chi connectivity index (χ1) is 13.8. The van der Waals surface area contributed by atoms with Gasteiger partial charge in [0.25, 0.3) is 10.0 Å². The van der Waals surface area contributed by atoms with Crippen molar-refractivity contribution in [2.24, 2.45) is 0 Å². The van der Waals surface area contributed by atoms with Crippen molar-refractivity contribution in [2.45, 2.75) is 4.90 Å². The average molecular weight is 411 g/mol. The van der Waals surface area contributed by atoms with Crippen molar-refractivity contribution >= 4 is 32.6 Å². The molecule has 7 nitrogen and oxygen atoms in total. The molecule has 9 heteroatoms. The lowest BCUT2D eigenvalue weighted by Gasteiger charge is -2.07. The first-order valence-electron chi connectivity index (χ1n) is 8.42. The van der Waals surface area contributed by atoms with Crippen LogP contribution in [0.1, 0.15) is 10.4 Å². The summed E-state index contributed by atoms with van der Waals surface area (Å²) in [6, 6.07) is 17.9. The Balaban J connectivity index is 1.66. The molecule has 0 aliphatic carbocycles. The van der Waals surface area contributed by atoms with Crippen LogP contribution in [0.15, 0.2) is 77.7 Å². The zero-order valence-electron chi connectivity index (χ0n) is 14.8. The Morgan fingerprint density at radius 1 is 0.966 bits per heavy atom. The average Bonchev–Trinajstić information content (AvgIpc) is 3.08. The van der Waals surface area contributed by atoms with Gasteiger partial charge in [-0.25, -0.2) is 9.18 Å². The molecule has 0 aliphatic heterocycles. The Morgan fingerprint density at radius 3 is 2.48 bits per heavy atom. The number of fused-ring (bicyclic) bond motifs is 1. The summed E-state index contributed by atoms with van der Waals surface area (Å²) in [6.07, 6.45) is 0. The highest BCUT2D eigenvalue weighted by molar-refractivity contribution is 7.90. The van der Waals surface area contributed by atoms with Crippen LogP contribution >= 0.6 is 0 Å². The molecule has 0 spiro atoms. The van der Waals surface area contributed by atoms with Gasteiger partial charge in [0, 0.05) is 6.07 Å². The first kappa shape index (κ1) is 18.6. The van der Waals surface area contributed by atoms with Crippen molar-refractivity contribution in [3.05, 3.63) is 84.2 Å². The Morgan fingerprint density at radius 2 is 1.72 bits per heavy atom. The van der Waals surface area contributed by atoms with Crippen LogP contribution in [-0.4, -0.2) is 23.6 Å². The summed E-state index contributed by atoms with van der Waals surface area (Å²) in [6.45, 7) is 0. The molecule has 29 heavy (non-hydrogen) atoms. The minimum absolute atomic E-state index is 0.0194. The van der Waals surface area contributed by atoms with E-state index in [9.17, 15) is 17.6 Å². The van der Waals surface area contributed by atoms with Crippen molar-refractivity contribution in [2.75, 3.05) is 5.73 Å². The molecule has 0 aliphatic rings. The Hall–Kier alpha value is -3.72. The fourth-order valence-electron chi connectivity index (χ4n) is 2.80. The van der Waals surface area contributed by atoms with Crippen molar-refractivity contribution in [3.63, 3.8) is 0 Å². The van der Waals surface area contributed by atoms with Crippen LogP contribution < -0.4 is 10.5 Å². The Bertz CT molecular complexity index is 1350. The van der Waals surface area contributed by atoms with E-state index in [4.69, 9.17) is 10.5 Å². The summed E-state index contributed by atoms with van der Waals surface area (Å²) >= 11 is 0. The summed E-state index contributed by atoms with van der Waals surface area (Å²) in [7, 11) is -4.12. The van der Waals surface area contributed by atoms with Gasteiger partial charge in [-0.15, -0.1) is 9.19 Å². The second kappa shape index (κ2) is 7.02. The minimum Gasteiger partial charge on any atom is -0.402 e. The molecule has 0 bridgehead atoms.